The van der Waals surface area contributed by atoms with Crippen LogP contribution >= 0.6 is 0 Å². The Hall–Kier alpha value is -4.10. The summed E-state index contributed by atoms with van der Waals surface area (Å²) in [4.78, 5) is 0. The van der Waals surface area contributed by atoms with Gasteiger partial charge >= 0.3 is 0 Å². The average molecular weight is 497 g/mol. The van der Waals surface area contributed by atoms with E-state index < -0.39 is 0 Å². The SMILES string of the molecule is C=CC1=CCC(Oc2ccc3ccccc3c2C)C(c2c(C(=CC)C(C)C)ccc3ccccc23)=C1C=C. The van der Waals surface area contributed by atoms with E-state index in [1.165, 1.54) is 43.8 Å². The van der Waals surface area contributed by atoms with Crippen LogP contribution in [0.4, 0.5) is 0 Å². The molecule has 0 spiro atoms. The maximum absolute atomic E-state index is 6.96. The van der Waals surface area contributed by atoms with Gasteiger partial charge in [0.25, 0.3) is 0 Å². The lowest BCUT2D eigenvalue weighted by molar-refractivity contribution is 0.258. The molecule has 0 radical (unpaired) electrons. The van der Waals surface area contributed by atoms with Gasteiger partial charge in [0.1, 0.15) is 11.9 Å². The van der Waals surface area contributed by atoms with Gasteiger partial charge < -0.3 is 4.74 Å². The van der Waals surface area contributed by atoms with Gasteiger partial charge in [-0.1, -0.05) is 118 Å². The molecule has 5 rings (SSSR count). The summed E-state index contributed by atoms with van der Waals surface area (Å²) in [6, 6.07) is 26.0. The van der Waals surface area contributed by atoms with Gasteiger partial charge in [0.15, 0.2) is 0 Å². The Morgan fingerprint density at radius 3 is 2.18 bits per heavy atom. The van der Waals surface area contributed by atoms with Crippen molar-refractivity contribution in [3.63, 3.8) is 0 Å². The number of ether oxygens (including phenoxy) is 1. The molecular weight excluding hydrogens is 460 g/mol. The van der Waals surface area contributed by atoms with Crippen LogP contribution in [0.25, 0.3) is 32.7 Å². The molecule has 0 aliphatic heterocycles. The van der Waals surface area contributed by atoms with Crippen molar-refractivity contribution in [2.24, 2.45) is 5.92 Å². The van der Waals surface area contributed by atoms with Gasteiger partial charge in [0.05, 0.1) is 0 Å². The van der Waals surface area contributed by atoms with E-state index in [2.05, 4.69) is 126 Å². The highest BCUT2D eigenvalue weighted by molar-refractivity contribution is 6.02. The molecule has 1 aliphatic carbocycles. The number of hydrogen-bond acceptors (Lipinski definition) is 1. The van der Waals surface area contributed by atoms with Gasteiger partial charge in [-0.2, -0.15) is 0 Å². The molecular formula is C37H36O. The van der Waals surface area contributed by atoms with E-state index in [0.717, 1.165) is 28.9 Å². The molecule has 190 valence electrons. The lowest BCUT2D eigenvalue weighted by Crippen LogP contribution is -2.24. The fraction of sp³-hybridized carbons (Fsp3) is 0.189. The van der Waals surface area contributed by atoms with Crippen molar-refractivity contribution in [1.82, 2.24) is 0 Å². The maximum Gasteiger partial charge on any atom is 0.128 e. The lowest BCUT2D eigenvalue weighted by Gasteiger charge is -2.31. The second-order valence-electron chi connectivity index (χ2n) is 10.3. The van der Waals surface area contributed by atoms with Crippen molar-refractivity contribution in [2.75, 3.05) is 0 Å². The fourth-order valence-corrected chi connectivity index (χ4v) is 5.90. The molecule has 0 saturated heterocycles. The summed E-state index contributed by atoms with van der Waals surface area (Å²) in [5, 5.41) is 4.90. The molecule has 38 heavy (non-hydrogen) atoms. The zero-order chi connectivity index (χ0) is 26.8. The molecule has 4 aromatic rings. The molecule has 0 saturated carbocycles. The summed E-state index contributed by atoms with van der Waals surface area (Å²) < 4.78 is 6.96. The van der Waals surface area contributed by atoms with Gasteiger partial charge in [-0.05, 0) is 80.8 Å². The predicted octanol–water partition coefficient (Wildman–Crippen LogP) is 10.3. The van der Waals surface area contributed by atoms with Gasteiger partial charge in [-0.3, -0.25) is 0 Å². The van der Waals surface area contributed by atoms with Crippen molar-refractivity contribution >= 4 is 32.7 Å². The van der Waals surface area contributed by atoms with Crippen molar-refractivity contribution in [3.05, 3.63) is 138 Å². The number of fused-ring (bicyclic) bond motifs is 2. The third kappa shape index (κ3) is 4.43. The second kappa shape index (κ2) is 10.7. The molecule has 1 heteroatoms. The minimum Gasteiger partial charge on any atom is -0.485 e. The van der Waals surface area contributed by atoms with Crippen molar-refractivity contribution in [1.29, 1.82) is 0 Å². The van der Waals surface area contributed by atoms with Crippen LogP contribution in [0.5, 0.6) is 5.75 Å². The van der Waals surface area contributed by atoms with Gasteiger partial charge in [-0.15, -0.1) is 0 Å². The maximum atomic E-state index is 6.96. The summed E-state index contributed by atoms with van der Waals surface area (Å²) in [6.07, 6.45) is 9.00. The van der Waals surface area contributed by atoms with Gasteiger partial charge in [0.2, 0.25) is 0 Å². The van der Waals surface area contributed by atoms with E-state index >= 15 is 0 Å². The van der Waals surface area contributed by atoms with Crippen LogP contribution in [0.2, 0.25) is 0 Å². The Morgan fingerprint density at radius 2 is 1.53 bits per heavy atom. The normalized spacial score (nSPS) is 16.2. The van der Waals surface area contributed by atoms with Crippen LogP contribution in [0.1, 0.15) is 43.9 Å². The Bertz CT molecular complexity index is 1640. The van der Waals surface area contributed by atoms with Crippen LogP contribution in [-0.4, -0.2) is 6.10 Å². The Balaban J connectivity index is 1.78. The first-order valence-corrected chi connectivity index (χ1v) is 13.5. The minimum atomic E-state index is -0.165. The smallest absolute Gasteiger partial charge is 0.128 e. The quantitative estimate of drug-likeness (QED) is 0.247. The molecule has 0 N–H and O–H groups in total. The van der Waals surface area contributed by atoms with Gasteiger partial charge in [-0.25, -0.2) is 0 Å². The summed E-state index contributed by atoms with van der Waals surface area (Å²) >= 11 is 0. The van der Waals surface area contributed by atoms with Crippen molar-refractivity contribution in [2.45, 2.75) is 40.2 Å². The predicted molar refractivity (Wildman–Crippen MR) is 166 cm³/mol. The van der Waals surface area contributed by atoms with Crippen LogP contribution in [0, 0.1) is 12.8 Å². The molecule has 1 nitrogen and oxygen atoms in total. The average Bonchev–Trinajstić information content (AvgIpc) is 2.94. The summed E-state index contributed by atoms with van der Waals surface area (Å²) in [5.74, 6) is 1.30. The van der Waals surface area contributed by atoms with E-state index in [4.69, 9.17) is 4.74 Å². The van der Waals surface area contributed by atoms with Crippen molar-refractivity contribution < 1.29 is 4.74 Å². The first-order chi connectivity index (χ1) is 18.5. The topological polar surface area (TPSA) is 9.23 Å². The standard InChI is InChI=1S/C37H36O/c1-7-26-19-23-35(38-34-22-20-27-14-10-12-16-31(27)25(34)6)37(30(26)9-3)36-32-17-13-11-15-28(32)18-21-33(36)29(8-2)24(4)5/h7-22,24,35H,1,3,23H2,2,4-6H3. The third-order valence-electron chi connectivity index (χ3n) is 7.76. The summed E-state index contributed by atoms with van der Waals surface area (Å²) in [6.45, 7) is 17.2. The summed E-state index contributed by atoms with van der Waals surface area (Å²) in [7, 11) is 0. The largest absolute Gasteiger partial charge is 0.485 e. The molecule has 1 unspecified atom stereocenters. The van der Waals surface area contributed by atoms with E-state index in [1.807, 2.05) is 12.2 Å². The third-order valence-corrected chi connectivity index (χ3v) is 7.76. The number of benzene rings is 4. The number of allylic oxidation sites excluding steroid dienone is 6. The zero-order valence-electron chi connectivity index (χ0n) is 22.9. The highest BCUT2D eigenvalue weighted by Gasteiger charge is 2.30. The minimum absolute atomic E-state index is 0.165. The van der Waals surface area contributed by atoms with Crippen LogP contribution in [0.15, 0.2) is 121 Å². The molecule has 1 aliphatic rings. The van der Waals surface area contributed by atoms with E-state index in [9.17, 15) is 0 Å². The second-order valence-corrected chi connectivity index (χ2v) is 10.3. The molecule has 0 bridgehead atoms. The van der Waals surface area contributed by atoms with Gasteiger partial charge in [0, 0.05) is 12.0 Å². The first-order valence-electron chi connectivity index (χ1n) is 13.5. The fourth-order valence-electron chi connectivity index (χ4n) is 5.90. The van der Waals surface area contributed by atoms with E-state index in [0.29, 0.717) is 5.92 Å². The van der Waals surface area contributed by atoms with Crippen molar-refractivity contribution in [3.8, 4) is 5.75 Å². The zero-order valence-corrected chi connectivity index (χ0v) is 22.9. The molecule has 0 amide bonds. The molecule has 1 atom stereocenters. The van der Waals surface area contributed by atoms with Crippen LogP contribution < -0.4 is 4.74 Å². The lowest BCUT2D eigenvalue weighted by atomic mass is 9.78. The Labute approximate surface area is 227 Å². The highest BCUT2D eigenvalue weighted by Crippen LogP contribution is 2.44. The number of aryl methyl sites for hydroxylation is 1. The first kappa shape index (κ1) is 25.5. The Morgan fingerprint density at radius 1 is 0.868 bits per heavy atom. The molecule has 0 aromatic heterocycles. The molecule has 4 aromatic carbocycles. The highest BCUT2D eigenvalue weighted by atomic mass is 16.5. The molecule has 0 heterocycles. The number of rotatable bonds is 7. The van der Waals surface area contributed by atoms with E-state index in [1.54, 1.807) is 0 Å². The molecule has 0 fully saturated rings. The Kier molecular flexibility index (Phi) is 7.20. The monoisotopic (exact) mass is 496 g/mol. The number of hydrogen-bond donors (Lipinski definition) is 0. The van der Waals surface area contributed by atoms with Crippen LogP contribution in [0.3, 0.4) is 0 Å². The summed E-state index contributed by atoms with van der Waals surface area (Å²) in [5.41, 5.74) is 8.35. The van der Waals surface area contributed by atoms with Crippen LogP contribution in [-0.2, 0) is 0 Å². The van der Waals surface area contributed by atoms with E-state index in [-0.39, 0.29) is 6.10 Å².